The molecule has 0 heterocycles. The fourth-order valence-corrected chi connectivity index (χ4v) is 2.08. The maximum absolute atomic E-state index is 4.62. The van der Waals surface area contributed by atoms with Crippen molar-refractivity contribution in [1.82, 2.24) is 0 Å². The van der Waals surface area contributed by atoms with Crippen molar-refractivity contribution in [3.63, 3.8) is 0 Å². The minimum absolute atomic E-state index is 0.372. The van der Waals surface area contributed by atoms with E-state index in [1.165, 1.54) is 16.7 Å². The van der Waals surface area contributed by atoms with Crippen LogP contribution in [-0.2, 0) is 6.42 Å². The van der Waals surface area contributed by atoms with E-state index in [9.17, 15) is 0 Å². The summed E-state index contributed by atoms with van der Waals surface area (Å²) in [5.74, 6) is 0. The van der Waals surface area contributed by atoms with Crippen LogP contribution in [0.25, 0.3) is 0 Å². The highest BCUT2D eigenvalue weighted by Gasteiger charge is 2.23. The summed E-state index contributed by atoms with van der Waals surface area (Å²) in [5.41, 5.74) is 4.00. The normalized spacial score (nSPS) is 18.1. The van der Waals surface area contributed by atoms with Gasteiger partial charge in [-0.3, -0.25) is 4.99 Å². The van der Waals surface area contributed by atoms with Crippen molar-refractivity contribution in [2.75, 3.05) is 0 Å². The molecule has 0 N–H and O–H groups in total. The summed E-state index contributed by atoms with van der Waals surface area (Å²) in [4.78, 5) is 4.62. The maximum Gasteiger partial charge on any atom is 0.0792 e. The average Bonchev–Trinajstić information content (AvgIpc) is 2.32. The van der Waals surface area contributed by atoms with Gasteiger partial charge in [0.2, 0.25) is 0 Å². The van der Waals surface area contributed by atoms with E-state index in [0.29, 0.717) is 6.04 Å². The minimum Gasteiger partial charge on any atom is -0.284 e. The number of aliphatic imine (C=N–C) groups is 1. The Morgan fingerprint density at radius 3 is 2.50 bits per heavy atom. The third-order valence-corrected chi connectivity index (χ3v) is 3.03. The summed E-state index contributed by atoms with van der Waals surface area (Å²) in [7, 11) is 0. The first-order chi connectivity index (χ1) is 7.93. The molecule has 2 aromatic carbocycles. The predicted octanol–water partition coefficient (Wildman–Crippen LogP) is 3.40. The Kier molecular flexibility index (Phi) is 2.30. The molecule has 1 aliphatic rings. The molecule has 78 valence electrons. The summed E-state index contributed by atoms with van der Waals surface area (Å²) >= 11 is 0. The average molecular weight is 207 g/mol. The Morgan fingerprint density at radius 2 is 1.69 bits per heavy atom. The van der Waals surface area contributed by atoms with E-state index in [4.69, 9.17) is 0 Å². The standard InChI is InChI=1S/C15H13N/c1-2-6-12(7-3-1)11-16-15-10-13-8-4-5-9-14(13)15/h1-9,11,15H,10H2. The molecule has 0 fully saturated rings. The fraction of sp³-hybridized carbons (Fsp3) is 0.133. The fourth-order valence-electron chi connectivity index (χ4n) is 2.08. The highest BCUT2D eigenvalue weighted by Crippen LogP contribution is 2.35. The van der Waals surface area contributed by atoms with Crippen LogP contribution in [0.5, 0.6) is 0 Å². The SMILES string of the molecule is C(=NC1Cc2ccccc21)c1ccccc1. The lowest BCUT2D eigenvalue weighted by Crippen LogP contribution is -2.14. The summed E-state index contributed by atoms with van der Waals surface area (Å²) < 4.78 is 0. The van der Waals surface area contributed by atoms with Crippen LogP contribution < -0.4 is 0 Å². The Hall–Kier alpha value is -1.89. The van der Waals surface area contributed by atoms with Crippen LogP contribution in [0.3, 0.4) is 0 Å². The molecular formula is C15H13N. The van der Waals surface area contributed by atoms with E-state index in [2.05, 4.69) is 41.4 Å². The number of hydrogen-bond donors (Lipinski definition) is 0. The Labute approximate surface area is 95.5 Å². The van der Waals surface area contributed by atoms with Crippen molar-refractivity contribution in [3.8, 4) is 0 Å². The second-order valence-corrected chi connectivity index (χ2v) is 4.11. The topological polar surface area (TPSA) is 12.4 Å². The molecule has 0 amide bonds. The van der Waals surface area contributed by atoms with E-state index in [0.717, 1.165) is 6.42 Å². The molecule has 16 heavy (non-hydrogen) atoms. The van der Waals surface area contributed by atoms with Crippen molar-refractivity contribution in [1.29, 1.82) is 0 Å². The number of rotatable bonds is 2. The van der Waals surface area contributed by atoms with Gasteiger partial charge in [0.25, 0.3) is 0 Å². The molecule has 0 aromatic heterocycles. The van der Waals surface area contributed by atoms with Gasteiger partial charge < -0.3 is 0 Å². The van der Waals surface area contributed by atoms with E-state index in [1.807, 2.05) is 24.4 Å². The molecular weight excluding hydrogens is 194 g/mol. The smallest absolute Gasteiger partial charge is 0.0792 e. The summed E-state index contributed by atoms with van der Waals surface area (Å²) in [6, 6.07) is 19.2. The van der Waals surface area contributed by atoms with Gasteiger partial charge in [0.1, 0.15) is 0 Å². The van der Waals surface area contributed by atoms with Gasteiger partial charge in [-0.15, -0.1) is 0 Å². The summed E-state index contributed by atoms with van der Waals surface area (Å²) in [5, 5.41) is 0. The first-order valence-electron chi connectivity index (χ1n) is 5.59. The monoisotopic (exact) mass is 207 g/mol. The number of benzene rings is 2. The van der Waals surface area contributed by atoms with Crippen molar-refractivity contribution >= 4 is 6.21 Å². The first kappa shape index (κ1) is 9.34. The van der Waals surface area contributed by atoms with Crippen LogP contribution in [0.1, 0.15) is 22.7 Å². The molecule has 0 saturated heterocycles. The Bertz CT molecular complexity index is 514. The second-order valence-electron chi connectivity index (χ2n) is 4.11. The van der Waals surface area contributed by atoms with Crippen LogP contribution >= 0.6 is 0 Å². The maximum atomic E-state index is 4.62. The van der Waals surface area contributed by atoms with Gasteiger partial charge in [-0.25, -0.2) is 0 Å². The zero-order chi connectivity index (χ0) is 10.8. The lowest BCUT2D eigenvalue weighted by atomic mass is 9.84. The molecule has 2 aromatic rings. The molecule has 0 spiro atoms. The molecule has 0 saturated carbocycles. The lowest BCUT2D eigenvalue weighted by Gasteiger charge is -2.26. The molecule has 0 bridgehead atoms. The largest absolute Gasteiger partial charge is 0.284 e. The van der Waals surface area contributed by atoms with Gasteiger partial charge >= 0.3 is 0 Å². The van der Waals surface area contributed by atoms with Gasteiger partial charge in [-0.05, 0) is 23.1 Å². The minimum atomic E-state index is 0.372. The number of fused-ring (bicyclic) bond motifs is 1. The molecule has 3 rings (SSSR count). The van der Waals surface area contributed by atoms with Crippen LogP contribution in [0.15, 0.2) is 59.6 Å². The Morgan fingerprint density at radius 1 is 0.938 bits per heavy atom. The number of hydrogen-bond acceptors (Lipinski definition) is 1. The molecule has 0 aliphatic heterocycles. The lowest BCUT2D eigenvalue weighted by molar-refractivity contribution is 0.642. The third kappa shape index (κ3) is 1.65. The van der Waals surface area contributed by atoms with E-state index >= 15 is 0 Å². The highest BCUT2D eigenvalue weighted by molar-refractivity contribution is 5.79. The van der Waals surface area contributed by atoms with Gasteiger partial charge in [0.05, 0.1) is 6.04 Å². The Balaban J connectivity index is 1.77. The van der Waals surface area contributed by atoms with Crippen molar-refractivity contribution in [2.45, 2.75) is 12.5 Å². The molecule has 1 aliphatic carbocycles. The van der Waals surface area contributed by atoms with E-state index in [1.54, 1.807) is 0 Å². The molecule has 1 unspecified atom stereocenters. The van der Waals surface area contributed by atoms with Crippen molar-refractivity contribution < 1.29 is 0 Å². The van der Waals surface area contributed by atoms with E-state index in [-0.39, 0.29) is 0 Å². The summed E-state index contributed by atoms with van der Waals surface area (Å²) in [6.07, 6.45) is 3.06. The van der Waals surface area contributed by atoms with Gasteiger partial charge in [-0.2, -0.15) is 0 Å². The van der Waals surface area contributed by atoms with Crippen molar-refractivity contribution in [3.05, 3.63) is 71.3 Å². The molecule has 1 atom stereocenters. The molecule has 1 nitrogen and oxygen atoms in total. The first-order valence-corrected chi connectivity index (χ1v) is 5.59. The van der Waals surface area contributed by atoms with Crippen LogP contribution in [0.4, 0.5) is 0 Å². The van der Waals surface area contributed by atoms with Gasteiger partial charge in [-0.1, -0.05) is 54.6 Å². The quantitative estimate of drug-likeness (QED) is 0.669. The highest BCUT2D eigenvalue weighted by atomic mass is 14.8. The van der Waals surface area contributed by atoms with Crippen LogP contribution in [0.2, 0.25) is 0 Å². The molecule has 1 heteroatoms. The van der Waals surface area contributed by atoms with Gasteiger partial charge in [0.15, 0.2) is 0 Å². The van der Waals surface area contributed by atoms with Crippen LogP contribution in [0, 0.1) is 0 Å². The third-order valence-electron chi connectivity index (χ3n) is 3.03. The zero-order valence-corrected chi connectivity index (χ0v) is 9.01. The second kappa shape index (κ2) is 3.93. The van der Waals surface area contributed by atoms with Crippen molar-refractivity contribution in [2.24, 2.45) is 4.99 Å². The number of nitrogens with zero attached hydrogens (tertiary/aromatic N) is 1. The van der Waals surface area contributed by atoms with E-state index < -0.39 is 0 Å². The van der Waals surface area contributed by atoms with Crippen LogP contribution in [-0.4, -0.2) is 6.21 Å². The predicted molar refractivity (Wildman–Crippen MR) is 66.9 cm³/mol. The molecule has 0 radical (unpaired) electrons. The summed E-state index contributed by atoms with van der Waals surface area (Å²) in [6.45, 7) is 0. The zero-order valence-electron chi connectivity index (χ0n) is 9.01. The van der Waals surface area contributed by atoms with Gasteiger partial charge in [0, 0.05) is 6.21 Å².